The molecule has 9 heteroatoms. The third kappa shape index (κ3) is 3.33. The highest BCUT2D eigenvalue weighted by atomic mass is 16.5. The third-order valence-corrected chi connectivity index (χ3v) is 3.61. The van der Waals surface area contributed by atoms with E-state index in [-0.39, 0.29) is 11.9 Å². The fourth-order valence-electron chi connectivity index (χ4n) is 2.52. The van der Waals surface area contributed by atoms with Crippen LogP contribution in [-0.2, 0) is 24.4 Å². The first-order valence-electron chi connectivity index (χ1n) is 7.28. The number of methoxy groups -OCH3 is 1. The number of carbonyl (C=O) groups is 1. The first-order valence-corrected chi connectivity index (χ1v) is 7.28. The topological polar surface area (TPSA) is 111 Å². The van der Waals surface area contributed by atoms with Gasteiger partial charge < -0.3 is 20.7 Å². The lowest BCUT2D eigenvalue weighted by Crippen LogP contribution is -2.34. The van der Waals surface area contributed by atoms with E-state index in [0.717, 1.165) is 30.3 Å². The average molecular weight is 317 g/mol. The third-order valence-electron chi connectivity index (χ3n) is 3.61. The molecular formula is C14H19N7O2. The lowest BCUT2D eigenvalue weighted by atomic mass is 10.2. The van der Waals surface area contributed by atoms with Crippen LogP contribution in [0.1, 0.15) is 18.3 Å². The van der Waals surface area contributed by atoms with Gasteiger partial charge in [0.25, 0.3) is 0 Å². The van der Waals surface area contributed by atoms with E-state index in [2.05, 4.69) is 25.3 Å². The van der Waals surface area contributed by atoms with Gasteiger partial charge in [0, 0.05) is 19.5 Å². The van der Waals surface area contributed by atoms with Crippen molar-refractivity contribution in [3.8, 4) is 5.88 Å². The Hall–Kier alpha value is -2.84. The first-order chi connectivity index (χ1) is 11.0. The second-order valence-electron chi connectivity index (χ2n) is 5.31. The molecule has 9 nitrogen and oxygen atoms in total. The van der Waals surface area contributed by atoms with Gasteiger partial charge in [0.2, 0.25) is 17.7 Å². The quantitative estimate of drug-likeness (QED) is 0.811. The monoisotopic (exact) mass is 317 g/mol. The Kier molecular flexibility index (Phi) is 4.00. The molecule has 0 radical (unpaired) electrons. The molecule has 0 fully saturated rings. The van der Waals surface area contributed by atoms with E-state index in [1.54, 1.807) is 13.2 Å². The highest BCUT2D eigenvalue weighted by molar-refractivity contribution is 5.72. The lowest BCUT2D eigenvalue weighted by molar-refractivity contribution is -0.119. The minimum Gasteiger partial charge on any atom is -0.481 e. The number of hydrogen-bond donors (Lipinski definition) is 2. The molecule has 3 heterocycles. The van der Waals surface area contributed by atoms with Crippen LogP contribution in [-0.4, -0.2) is 39.3 Å². The number of amides is 1. The number of nitrogen functional groups attached to an aromatic ring is 1. The Morgan fingerprint density at radius 2 is 2.22 bits per heavy atom. The zero-order valence-electron chi connectivity index (χ0n) is 13.1. The molecule has 3 rings (SSSR count). The summed E-state index contributed by atoms with van der Waals surface area (Å²) in [5.74, 6) is 1.29. The number of carbonyl (C=O) groups excluding carboxylic acids is 1. The van der Waals surface area contributed by atoms with Crippen LogP contribution in [0.25, 0.3) is 0 Å². The van der Waals surface area contributed by atoms with Crippen molar-refractivity contribution in [3.05, 3.63) is 23.5 Å². The first kappa shape index (κ1) is 15.1. The number of ether oxygens (including phenoxy) is 1. The Morgan fingerprint density at radius 3 is 2.96 bits per heavy atom. The van der Waals surface area contributed by atoms with Gasteiger partial charge in [-0.2, -0.15) is 15.1 Å². The van der Waals surface area contributed by atoms with E-state index >= 15 is 0 Å². The molecule has 0 spiro atoms. The lowest BCUT2D eigenvalue weighted by Gasteiger charge is -2.28. The van der Waals surface area contributed by atoms with Crippen LogP contribution in [0.2, 0.25) is 0 Å². The second-order valence-corrected chi connectivity index (χ2v) is 5.31. The number of hydrogen-bond acceptors (Lipinski definition) is 7. The molecule has 0 bridgehead atoms. The molecule has 0 saturated carbocycles. The summed E-state index contributed by atoms with van der Waals surface area (Å²) >= 11 is 0. The molecule has 0 atom stereocenters. The second kappa shape index (κ2) is 6.11. The van der Waals surface area contributed by atoms with E-state index in [0.29, 0.717) is 19.0 Å². The molecule has 0 unspecified atom stereocenters. The molecule has 23 heavy (non-hydrogen) atoms. The van der Waals surface area contributed by atoms with Crippen molar-refractivity contribution in [2.24, 2.45) is 0 Å². The molecule has 0 aliphatic carbocycles. The molecule has 0 saturated heterocycles. The number of fused-ring (bicyclic) bond motifs is 1. The smallest absolute Gasteiger partial charge is 0.225 e. The normalized spacial score (nSPS) is 13.6. The summed E-state index contributed by atoms with van der Waals surface area (Å²) < 4.78 is 7.09. The number of nitrogens with zero attached hydrogens (tertiary/aromatic N) is 5. The molecule has 3 N–H and O–H groups in total. The molecule has 1 amide bonds. The summed E-state index contributed by atoms with van der Waals surface area (Å²) in [6.07, 6.45) is 0. The summed E-state index contributed by atoms with van der Waals surface area (Å²) in [5, 5.41) is 7.25. The van der Waals surface area contributed by atoms with Crippen LogP contribution in [0.3, 0.4) is 0 Å². The number of rotatable bonds is 4. The molecule has 2 aromatic rings. The van der Waals surface area contributed by atoms with Crippen LogP contribution < -0.4 is 20.7 Å². The van der Waals surface area contributed by atoms with Crippen molar-refractivity contribution in [3.63, 3.8) is 0 Å². The zero-order valence-corrected chi connectivity index (χ0v) is 13.1. The molecule has 1 aliphatic heterocycles. The predicted octanol–water partition coefficient (Wildman–Crippen LogP) is -0.0798. The van der Waals surface area contributed by atoms with Crippen LogP contribution in [0.15, 0.2) is 12.1 Å². The standard InChI is InChI=1S/C14H19N7O2/c1-9(22)16-7-10-5-11-8-20(3-4-21(11)19-10)12-6-13(23-2)18-14(15)17-12/h5-6H,3-4,7-8H2,1-2H3,(H,16,22)(H2,15,17,18). The minimum absolute atomic E-state index is 0.0684. The van der Waals surface area contributed by atoms with Crippen LogP contribution in [0, 0.1) is 0 Å². The van der Waals surface area contributed by atoms with Gasteiger partial charge in [0.1, 0.15) is 5.82 Å². The van der Waals surface area contributed by atoms with Crippen LogP contribution in [0.4, 0.5) is 11.8 Å². The predicted molar refractivity (Wildman–Crippen MR) is 83.8 cm³/mol. The van der Waals surface area contributed by atoms with E-state index < -0.39 is 0 Å². The van der Waals surface area contributed by atoms with Crippen molar-refractivity contribution in [1.82, 2.24) is 25.1 Å². The van der Waals surface area contributed by atoms with Crippen molar-refractivity contribution < 1.29 is 9.53 Å². The van der Waals surface area contributed by atoms with Crippen molar-refractivity contribution >= 4 is 17.7 Å². The van der Waals surface area contributed by atoms with Gasteiger partial charge in [0.05, 0.1) is 38.1 Å². The van der Waals surface area contributed by atoms with Gasteiger partial charge in [-0.3, -0.25) is 9.48 Å². The van der Waals surface area contributed by atoms with Crippen molar-refractivity contribution in [2.75, 3.05) is 24.3 Å². The highest BCUT2D eigenvalue weighted by Crippen LogP contribution is 2.23. The van der Waals surface area contributed by atoms with Gasteiger partial charge in [0.15, 0.2) is 0 Å². The number of anilines is 2. The maximum Gasteiger partial charge on any atom is 0.225 e. The Balaban J connectivity index is 1.77. The van der Waals surface area contributed by atoms with E-state index in [1.807, 2.05) is 10.7 Å². The minimum atomic E-state index is -0.0684. The largest absolute Gasteiger partial charge is 0.481 e. The molecular weight excluding hydrogens is 298 g/mol. The summed E-state index contributed by atoms with van der Waals surface area (Å²) in [6.45, 7) is 4.08. The van der Waals surface area contributed by atoms with Gasteiger partial charge in [-0.15, -0.1) is 0 Å². The zero-order chi connectivity index (χ0) is 16.4. The van der Waals surface area contributed by atoms with Crippen LogP contribution >= 0.6 is 0 Å². The van der Waals surface area contributed by atoms with E-state index in [9.17, 15) is 4.79 Å². The summed E-state index contributed by atoms with van der Waals surface area (Å²) in [6, 6.07) is 3.75. The maximum absolute atomic E-state index is 11.0. The number of nitrogens with one attached hydrogen (secondary N) is 1. The summed E-state index contributed by atoms with van der Waals surface area (Å²) in [7, 11) is 1.55. The summed E-state index contributed by atoms with van der Waals surface area (Å²) in [4.78, 5) is 21.4. The fourth-order valence-corrected chi connectivity index (χ4v) is 2.52. The Morgan fingerprint density at radius 1 is 1.39 bits per heavy atom. The highest BCUT2D eigenvalue weighted by Gasteiger charge is 2.20. The maximum atomic E-state index is 11.0. The Labute approximate surface area is 133 Å². The van der Waals surface area contributed by atoms with Crippen molar-refractivity contribution in [1.29, 1.82) is 0 Å². The molecule has 122 valence electrons. The fraction of sp³-hybridized carbons (Fsp3) is 0.429. The van der Waals surface area contributed by atoms with Crippen LogP contribution in [0.5, 0.6) is 5.88 Å². The van der Waals surface area contributed by atoms with Gasteiger partial charge >= 0.3 is 0 Å². The Bertz CT molecular complexity index is 728. The number of aromatic nitrogens is 4. The average Bonchev–Trinajstić information content (AvgIpc) is 2.94. The van der Waals surface area contributed by atoms with E-state index in [1.165, 1.54) is 6.92 Å². The molecule has 0 aromatic carbocycles. The molecule has 2 aromatic heterocycles. The SMILES string of the molecule is COc1cc(N2CCn3nc(CNC(C)=O)cc3C2)nc(N)n1. The van der Waals surface area contributed by atoms with Gasteiger partial charge in [-0.05, 0) is 6.07 Å². The molecule has 1 aliphatic rings. The van der Waals surface area contributed by atoms with E-state index in [4.69, 9.17) is 10.5 Å². The van der Waals surface area contributed by atoms with Gasteiger partial charge in [-0.1, -0.05) is 0 Å². The number of nitrogens with two attached hydrogens (primary N) is 1. The van der Waals surface area contributed by atoms with Gasteiger partial charge in [-0.25, -0.2) is 0 Å². The summed E-state index contributed by atoms with van der Waals surface area (Å²) in [5.41, 5.74) is 7.63. The van der Waals surface area contributed by atoms with Crippen molar-refractivity contribution in [2.45, 2.75) is 26.6 Å².